The van der Waals surface area contributed by atoms with Crippen molar-refractivity contribution in [3.05, 3.63) is 105 Å². The lowest BCUT2D eigenvalue weighted by Crippen LogP contribution is -2.51. The van der Waals surface area contributed by atoms with Crippen LogP contribution in [0, 0.1) is 19.8 Å². The minimum Gasteiger partial charge on any atom is -0.354 e. The van der Waals surface area contributed by atoms with Crippen LogP contribution in [0.1, 0.15) is 41.7 Å². The van der Waals surface area contributed by atoms with Gasteiger partial charge in [0.1, 0.15) is 6.04 Å². The summed E-state index contributed by atoms with van der Waals surface area (Å²) >= 11 is 3.48. The van der Waals surface area contributed by atoms with E-state index in [4.69, 9.17) is 0 Å². The number of amides is 2. The van der Waals surface area contributed by atoms with Crippen LogP contribution in [0.15, 0.2) is 77.3 Å². The van der Waals surface area contributed by atoms with E-state index in [9.17, 15) is 9.59 Å². The summed E-state index contributed by atoms with van der Waals surface area (Å²) < 4.78 is 0.977. The molecular formula is C30H35BrN2O2. The van der Waals surface area contributed by atoms with Gasteiger partial charge in [-0.15, -0.1) is 0 Å². The first-order valence-electron chi connectivity index (χ1n) is 12.1. The van der Waals surface area contributed by atoms with Gasteiger partial charge in [0.2, 0.25) is 11.8 Å². The van der Waals surface area contributed by atoms with Crippen LogP contribution < -0.4 is 5.32 Å². The number of nitrogens with one attached hydrogen (secondary N) is 1. The second-order valence-corrected chi connectivity index (χ2v) is 10.6. The van der Waals surface area contributed by atoms with Crippen molar-refractivity contribution in [2.45, 2.75) is 53.1 Å². The van der Waals surface area contributed by atoms with Crippen molar-refractivity contribution in [2.24, 2.45) is 5.92 Å². The van der Waals surface area contributed by atoms with Gasteiger partial charge in [0.15, 0.2) is 0 Å². The van der Waals surface area contributed by atoms with Crippen molar-refractivity contribution < 1.29 is 9.59 Å². The molecule has 4 nitrogen and oxygen atoms in total. The predicted octanol–water partition coefficient (Wildman–Crippen LogP) is 6.02. The number of hydrogen-bond acceptors (Lipinski definition) is 2. The van der Waals surface area contributed by atoms with Gasteiger partial charge in [0, 0.05) is 24.0 Å². The molecule has 3 aromatic rings. The molecule has 1 atom stereocenters. The molecule has 0 heterocycles. The Bertz CT molecular complexity index is 1110. The number of nitrogens with zero attached hydrogens (tertiary/aromatic N) is 1. The predicted molar refractivity (Wildman–Crippen MR) is 146 cm³/mol. The lowest BCUT2D eigenvalue weighted by Gasteiger charge is -2.32. The molecule has 3 rings (SSSR count). The average molecular weight is 536 g/mol. The van der Waals surface area contributed by atoms with Crippen LogP contribution in [-0.4, -0.2) is 29.3 Å². The second kappa shape index (κ2) is 12.7. The third kappa shape index (κ3) is 8.36. The quantitative estimate of drug-likeness (QED) is 0.345. The molecule has 184 valence electrons. The van der Waals surface area contributed by atoms with Crippen LogP contribution in [-0.2, 0) is 29.0 Å². The first-order chi connectivity index (χ1) is 16.7. The Labute approximate surface area is 217 Å². The van der Waals surface area contributed by atoms with E-state index < -0.39 is 6.04 Å². The fourth-order valence-electron chi connectivity index (χ4n) is 4.21. The van der Waals surface area contributed by atoms with Crippen LogP contribution in [0.2, 0.25) is 0 Å². The van der Waals surface area contributed by atoms with Crippen molar-refractivity contribution in [2.75, 3.05) is 6.54 Å². The van der Waals surface area contributed by atoms with Gasteiger partial charge in [0.05, 0.1) is 6.42 Å². The molecule has 0 bridgehead atoms. The summed E-state index contributed by atoms with van der Waals surface area (Å²) in [7, 11) is 0. The fraction of sp³-hybridized carbons (Fsp3) is 0.333. The zero-order chi connectivity index (χ0) is 25.4. The normalized spacial score (nSPS) is 11.8. The zero-order valence-electron chi connectivity index (χ0n) is 21.1. The fourth-order valence-corrected chi connectivity index (χ4v) is 4.47. The third-order valence-electron chi connectivity index (χ3n) is 5.86. The summed E-state index contributed by atoms with van der Waals surface area (Å²) in [5.41, 5.74) is 5.23. The van der Waals surface area contributed by atoms with E-state index in [1.165, 1.54) is 0 Å². The molecule has 35 heavy (non-hydrogen) atoms. The Hall–Kier alpha value is -2.92. The molecule has 0 radical (unpaired) electrons. The maximum absolute atomic E-state index is 13.8. The van der Waals surface area contributed by atoms with Gasteiger partial charge in [-0.25, -0.2) is 0 Å². The van der Waals surface area contributed by atoms with Gasteiger partial charge < -0.3 is 10.2 Å². The van der Waals surface area contributed by atoms with Crippen molar-refractivity contribution in [3.63, 3.8) is 0 Å². The second-order valence-electron chi connectivity index (χ2n) is 9.67. The first-order valence-corrected chi connectivity index (χ1v) is 12.9. The van der Waals surface area contributed by atoms with E-state index >= 15 is 0 Å². The number of hydrogen-bond donors (Lipinski definition) is 1. The third-order valence-corrected chi connectivity index (χ3v) is 6.39. The highest BCUT2D eigenvalue weighted by molar-refractivity contribution is 9.10. The molecule has 0 aromatic heterocycles. The highest BCUT2D eigenvalue weighted by Crippen LogP contribution is 2.19. The van der Waals surface area contributed by atoms with Gasteiger partial charge in [-0.3, -0.25) is 9.59 Å². The maximum Gasteiger partial charge on any atom is 0.243 e. The molecule has 0 aliphatic heterocycles. The summed E-state index contributed by atoms with van der Waals surface area (Å²) in [5.74, 6) is 0.147. The van der Waals surface area contributed by atoms with E-state index in [0.29, 0.717) is 25.4 Å². The highest BCUT2D eigenvalue weighted by atomic mass is 79.9. The van der Waals surface area contributed by atoms with E-state index in [1.54, 1.807) is 4.90 Å². The van der Waals surface area contributed by atoms with Gasteiger partial charge in [-0.1, -0.05) is 102 Å². The minimum atomic E-state index is -0.613. The number of benzene rings is 3. The Morgan fingerprint density at radius 1 is 0.857 bits per heavy atom. The van der Waals surface area contributed by atoms with Crippen LogP contribution in [0.25, 0.3) is 0 Å². The van der Waals surface area contributed by atoms with E-state index in [0.717, 1.165) is 32.3 Å². The summed E-state index contributed by atoms with van der Waals surface area (Å²) in [6, 6.07) is 23.4. The van der Waals surface area contributed by atoms with E-state index in [1.807, 2.05) is 80.6 Å². The number of halogens is 1. The summed E-state index contributed by atoms with van der Waals surface area (Å²) in [6.45, 7) is 9.15. The summed E-state index contributed by atoms with van der Waals surface area (Å²) in [5, 5.41) is 3.07. The minimum absolute atomic E-state index is 0.0569. The van der Waals surface area contributed by atoms with Gasteiger partial charge in [0.25, 0.3) is 0 Å². The molecule has 5 heteroatoms. The summed E-state index contributed by atoms with van der Waals surface area (Å²) in [4.78, 5) is 29.1. The number of rotatable bonds is 10. The molecular weight excluding hydrogens is 500 g/mol. The smallest absolute Gasteiger partial charge is 0.243 e. The Morgan fingerprint density at radius 2 is 1.49 bits per heavy atom. The molecule has 0 saturated carbocycles. The molecule has 0 fully saturated rings. The molecule has 0 aliphatic carbocycles. The van der Waals surface area contributed by atoms with Crippen molar-refractivity contribution >= 4 is 27.7 Å². The van der Waals surface area contributed by atoms with Crippen LogP contribution >= 0.6 is 15.9 Å². The molecule has 1 N–H and O–H groups in total. The van der Waals surface area contributed by atoms with Crippen LogP contribution in [0.4, 0.5) is 0 Å². The Kier molecular flexibility index (Phi) is 9.67. The zero-order valence-corrected chi connectivity index (χ0v) is 22.6. The van der Waals surface area contributed by atoms with Gasteiger partial charge in [-0.2, -0.15) is 0 Å². The Morgan fingerprint density at radius 3 is 2.09 bits per heavy atom. The van der Waals surface area contributed by atoms with Crippen molar-refractivity contribution in [3.8, 4) is 0 Å². The molecule has 0 spiro atoms. The molecule has 0 unspecified atom stereocenters. The largest absolute Gasteiger partial charge is 0.354 e. The average Bonchev–Trinajstić information content (AvgIpc) is 2.81. The van der Waals surface area contributed by atoms with Gasteiger partial charge in [-0.05, 0) is 48.6 Å². The standard InChI is InChI=1S/C30H35BrN2O2/c1-21(2)19-32-30(35)28(17-24-8-6-5-7-9-24)33(20-25-10-12-27(31)13-11-25)29(34)18-26-15-22(3)14-23(4)16-26/h5-16,21,28H,17-20H2,1-4H3,(H,32,35)/t28-/m1/s1. The van der Waals surface area contributed by atoms with Crippen molar-refractivity contribution in [1.29, 1.82) is 0 Å². The van der Waals surface area contributed by atoms with E-state index in [-0.39, 0.29) is 18.2 Å². The topological polar surface area (TPSA) is 49.4 Å². The lowest BCUT2D eigenvalue weighted by molar-refractivity contribution is -0.140. The van der Waals surface area contributed by atoms with Crippen molar-refractivity contribution in [1.82, 2.24) is 10.2 Å². The molecule has 2 amide bonds. The SMILES string of the molecule is Cc1cc(C)cc(CC(=O)N(Cc2ccc(Br)cc2)[C@H](Cc2ccccc2)C(=O)NCC(C)C)c1. The highest BCUT2D eigenvalue weighted by Gasteiger charge is 2.30. The summed E-state index contributed by atoms with van der Waals surface area (Å²) in [6.07, 6.45) is 0.710. The lowest BCUT2D eigenvalue weighted by atomic mass is 10.00. The van der Waals surface area contributed by atoms with Gasteiger partial charge >= 0.3 is 0 Å². The number of aryl methyl sites for hydroxylation is 2. The number of carbonyl (C=O) groups excluding carboxylic acids is 2. The molecule has 3 aromatic carbocycles. The van der Waals surface area contributed by atoms with E-state index in [2.05, 4.69) is 41.2 Å². The molecule has 0 saturated heterocycles. The number of carbonyl (C=O) groups is 2. The van der Waals surface area contributed by atoms with Crippen LogP contribution in [0.3, 0.4) is 0 Å². The maximum atomic E-state index is 13.8. The van der Waals surface area contributed by atoms with Crippen LogP contribution in [0.5, 0.6) is 0 Å². The molecule has 0 aliphatic rings. The first kappa shape index (κ1) is 26.7. The monoisotopic (exact) mass is 534 g/mol. The Balaban J connectivity index is 1.96.